The number of benzene rings is 1. The van der Waals surface area contributed by atoms with E-state index >= 15 is 0 Å². The molecule has 1 aliphatic heterocycles. The molecule has 1 aliphatic rings. The average molecular weight is 376 g/mol. The lowest BCUT2D eigenvalue weighted by molar-refractivity contribution is -0.187. The molecule has 1 saturated heterocycles. The van der Waals surface area contributed by atoms with Gasteiger partial charge >= 0.3 is 12.1 Å². The number of sulfonamides is 1. The molecular formula is C12H10ClF4NO4S. The lowest BCUT2D eigenvalue weighted by Gasteiger charge is -2.18. The van der Waals surface area contributed by atoms with E-state index in [-0.39, 0.29) is 0 Å². The summed E-state index contributed by atoms with van der Waals surface area (Å²) in [6.07, 6.45) is -4.86. The Balaban J connectivity index is 2.40. The number of halogens is 5. The zero-order valence-corrected chi connectivity index (χ0v) is 12.8. The van der Waals surface area contributed by atoms with Gasteiger partial charge in [0, 0.05) is 13.1 Å². The number of rotatable bonds is 3. The first kappa shape index (κ1) is 18.0. The molecule has 2 rings (SSSR count). The third-order valence-corrected chi connectivity index (χ3v) is 5.85. The highest BCUT2D eigenvalue weighted by Crippen LogP contribution is 2.40. The van der Waals surface area contributed by atoms with Gasteiger partial charge in [0.1, 0.15) is 10.7 Å². The van der Waals surface area contributed by atoms with Gasteiger partial charge in [-0.3, -0.25) is 4.79 Å². The minimum atomic E-state index is -4.86. The first-order valence-corrected chi connectivity index (χ1v) is 8.01. The fourth-order valence-corrected chi connectivity index (χ4v) is 4.37. The van der Waals surface area contributed by atoms with Crippen molar-refractivity contribution in [2.24, 2.45) is 11.8 Å². The summed E-state index contributed by atoms with van der Waals surface area (Å²) in [5, 5.41) is 8.40. The van der Waals surface area contributed by atoms with Crippen molar-refractivity contribution in [2.45, 2.75) is 11.1 Å². The van der Waals surface area contributed by atoms with Crippen molar-refractivity contribution in [3.63, 3.8) is 0 Å². The lowest BCUT2D eigenvalue weighted by Crippen LogP contribution is -2.34. The maximum absolute atomic E-state index is 13.0. The molecular weight excluding hydrogens is 366 g/mol. The maximum atomic E-state index is 13.0. The molecule has 2 atom stereocenters. The molecule has 1 aromatic rings. The molecule has 0 amide bonds. The fourth-order valence-electron chi connectivity index (χ4n) is 2.37. The second-order valence-corrected chi connectivity index (χ2v) is 7.30. The Kier molecular flexibility index (Phi) is 4.62. The van der Waals surface area contributed by atoms with E-state index in [0.717, 1.165) is 12.1 Å². The number of alkyl halides is 3. The van der Waals surface area contributed by atoms with Crippen molar-refractivity contribution in [1.29, 1.82) is 0 Å². The van der Waals surface area contributed by atoms with E-state index in [2.05, 4.69) is 0 Å². The maximum Gasteiger partial charge on any atom is 0.393 e. The van der Waals surface area contributed by atoms with Gasteiger partial charge in [-0.15, -0.1) is 0 Å². The SMILES string of the molecule is O=C(O)[C@@H]1CN(S(=O)(=O)c2ccc(F)cc2Cl)C[C@H]1C(F)(F)F. The van der Waals surface area contributed by atoms with E-state index in [1.165, 1.54) is 0 Å². The highest BCUT2D eigenvalue weighted by Gasteiger charge is 2.55. The van der Waals surface area contributed by atoms with Gasteiger partial charge in [0.05, 0.1) is 16.9 Å². The molecule has 23 heavy (non-hydrogen) atoms. The van der Waals surface area contributed by atoms with Gasteiger partial charge in [-0.05, 0) is 18.2 Å². The predicted octanol–water partition coefficient (Wildman–Crippen LogP) is 2.36. The summed E-state index contributed by atoms with van der Waals surface area (Å²) >= 11 is 5.63. The first-order valence-electron chi connectivity index (χ1n) is 6.19. The van der Waals surface area contributed by atoms with Crippen LogP contribution in [0.25, 0.3) is 0 Å². The Labute approximate surface area is 133 Å². The summed E-state index contributed by atoms with van der Waals surface area (Å²) in [5.74, 6) is -6.79. The van der Waals surface area contributed by atoms with Crippen LogP contribution in [0.15, 0.2) is 23.1 Å². The molecule has 0 spiro atoms. The molecule has 11 heteroatoms. The molecule has 0 bridgehead atoms. The molecule has 1 aromatic carbocycles. The number of carboxylic acid groups (broad SMARTS) is 1. The Hall–Kier alpha value is -1.39. The predicted molar refractivity (Wildman–Crippen MR) is 70.8 cm³/mol. The average Bonchev–Trinajstić information content (AvgIpc) is 2.83. The second kappa shape index (κ2) is 5.91. The molecule has 0 aromatic heterocycles. The molecule has 128 valence electrons. The number of carboxylic acids is 1. The molecule has 5 nitrogen and oxygen atoms in total. The minimum Gasteiger partial charge on any atom is -0.481 e. The van der Waals surface area contributed by atoms with Crippen molar-refractivity contribution in [1.82, 2.24) is 4.31 Å². The van der Waals surface area contributed by atoms with Gasteiger partial charge in [0.15, 0.2) is 0 Å². The molecule has 1 N–H and O–H groups in total. The van der Waals surface area contributed by atoms with Gasteiger partial charge in [-0.1, -0.05) is 11.6 Å². The van der Waals surface area contributed by atoms with E-state index < -0.39 is 62.8 Å². The lowest BCUT2D eigenvalue weighted by atomic mass is 9.96. The number of carbonyl (C=O) groups is 1. The van der Waals surface area contributed by atoms with E-state index in [1.807, 2.05) is 0 Å². The van der Waals surface area contributed by atoms with Gasteiger partial charge in [-0.25, -0.2) is 12.8 Å². The van der Waals surface area contributed by atoms with Crippen molar-refractivity contribution in [2.75, 3.05) is 13.1 Å². The van der Waals surface area contributed by atoms with Gasteiger partial charge in [0.2, 0.25) is 10.0 Å². The van der Waals surface area contributed by atoms with Gasteiger partial charge < -0.3 is 5.11 Å². The molecule has 1 heterocycles. The Bertz CT molecular complexity index is 737. The van der Waals surface area contributed by atoms with Crippen LogP contribution in [-0.4, -0.2) is 43.1 Å². The van der Waals surface area contributed by atoms with Crippen molar-refractivity contribution in [3.05, 3.63) is 29.0 Å². The van der Waals surface area contributed by atoms with Gasteiger partial charge in [-0.2, -0.15) is 17.5 Å². The van der Waals surface area contributed by atoms with E-state index in [0.29, 0.717) is 10.4 Å². The van der Waals surface area contributed by atoms with Gasteiger partial charge in [0.25, 0.3) is 0 Å². The number of aliphatic carboxylic acids is 1. The number of hydrogen-bond donors (Lipinski definition) is 1. The van der Waals surface area contributed by atoms with Crippen LogP contribution in [0.1, 0.15) is 0 Å². The minimum absolute atomic E-state index is 0.406. The van der Waals surface area contributed by atoms with Crippen molar-refractivity contribution >= 4 is 27.6 Å². The van der Waals surface area contributed by atoms with E-state index in [4.69, 9.17) is 16.7 Å². The molecule has 1 fully saturated rings. The summed E-state index contributed by atoms with van der Waals surface area (Å²) in [5.41, 5.74) is 0. The number of nitrogens with zero attached hydrogens (tertiary/aromatic N) is 1. The zero-order valence-electron chi connectivity index (χ0n) is 11.2. The zero-order chi connectivity index (χ0) is 17.6. The summed E-state index contributed by atoms with van der Waals surface area (Å²) < 4.78 is 76.8. The second-order valence-electron chi connectivity index (χ2n) is 4.99. The topological polar surface area (TPSA) is 74.7 Å². The van der Waals surface area contributed by atoms with Crippen LogP contribution in [0.2, 0.25) is 5.02 Å². The highest BCUT2D eigenvalue weighted by atomic mass is 35.5. The third-order valence-electron chi connectivity index (χ3n) is 3.54. The highest BCUT2D eigenvalue weighted by molar-refractivity contribution is 7.89. The van der Waals surface area contributed by atoms with Crippen LogP contribution >= 0.6 is 11.6 Å². The van der Waals surface area contributed by atoms with E-state index in [9.17, 15) is 30.8 Å². The smallest absolute Gasteiger partial charge is 0.393 e. The van der Waals surface area contributed by atoms with Crippen LogP contribution in [0.5, 0.6) is 0 Å². The van der Waals surface area contributed by atoms with Crippen molar-refractivity contribution in [3.8, 4) is 0 Å². The Morgan fingerprint density at radius 3 is 2.35 bits per heavy atom. The van der Waals surface area contributed by atoms with Crippen LogP contribution < -0.4 is 0 Å². The fraction of sp³-hybridized carbons (Fsp3) is 0.417. The van der Waals surface area contributed by atoms with E-state index in [1.54, 1.807) is 0 Å². The Morgan fingerprint density at radius 2 is 1.91 bits per heavy atom. The molecule has 0 aliphatic carbocycles. The van der Waals surface area contributed by atoms with Crippen LogP contribution in [0.3, 0.4) is 0 Å². The standard InChI is InChI=1S/C12H10ClF4NO4S/c13-9-3-6(14)1-2-10(9)23(21,22)18-4-7(11(19)20)8(5-18)12(15,16)17/h1-3,7-8H,4-5H2,(H,19,20)/t7-,8-/m1/s1. The largest absolute Gasteiger partial charge is 0.481 e. The third kappa shape index (κ3) is 3.43. The molecule has 0 radical (unpaired) electrons. The first-order chi connectivity index (χ1) is 10.4. The number of hydrogen-bond acceptors (Lipinski definition) is 3. The Morgan fingerprint density at radius 1 is 1.30 bits per heavy atom. The van der Waals surface area contributed by atoms with Crippen LogP contribution in [-0.2, 0) is 14.8 Å². The summed E-state index contributed by atoms with van der Waals surface area (Å²) in [4.78, 5) is 10.4. The van der Waals surface area contributed by atoms with Crippen molar-refractivity contribution < 1.29 is 35.9 Å². The summed E-state index contributed by atoms with van der Waals surface area (Å²) in [7, 11) is -4.47. The van der Waals surface area contributed by atoms with Crippen LogP contribution in [0, 0.1) is 17.7 Å². The quantitative estimate of drug-likeness (QED) is 0.823. The molecule has 0 saturated carbocycles. The monoisotopic (exact) mass is 375 g/mol. The van der Waals surface area contributed by atoms with Crippen LogP contribution in [0.4, 0.5) is 17.6 Å². The normalized spacial score (nSPS) is 23.2. The summed E-state index contributed by atoms with van der Waals surface area (Å²) in [6.45, 7) is -1.87. The summed E-state index contributed by atoms with van der Waals surface area (Å²) in [6, 6.07) is 2.33. The molecule has 0 unspecified atom stereocenters.